The van der Waals surface area contributed by atoms with Gasteiger partial charge in [-0.25, -0.2) is 9.78 Å². The molecule has 4 aromatic rings. The summed E-state index contributed by atoms with van der Waals surface area (Å²) in [6.07, 6.45) is 4.42. The average molecular weight is 615 g/mol. The lowest BCUT2D eigenvalue weighted by molar-refractivity contribution is -0.192. The van der Waals surface area contributed by atoms with Gasteiger partial charge in [-0.3, -0.25) is 9.59 Å². The minimum absolute atomic E-state index is 0.152. The van der Waals surface area contributed by atoms with Crippen molar-refractivity contribution in [1.29, 1.82) is 0 Å². The van der Waals surface area contributed by atoms with Crippen LogP contribution in [-0.4, -0.2) is 68.8 Å². The second kappa shape index (κ2) is 13.7. The van der Waals surface area contributed by atoms with E-state index in [4.69, 9.17) is 19.3 Å². The number of amides is 2. The first kappa shape index (κ1) is 32.1. The molecule has 1 aliphatic carbocycles. The smallest absolute Gasteiger partial charge is 0.490 e. The summed E-state index contributed by atoms with van der Waals surface area (Å²) in [4.78, 5) is 41.5. The molecular formula is C31H33F3N4O6. The number of nitrogens with one attached hydrogen (secondary N) is 1. The number of aliphatic carboxylic acids is 1. The third kappa shape index (κ3) is 7.77. The van der Waals surface area contributed by atoms with Crippen LogP contribution < -0.4 is 5.32 Å². The van der Waals surface area contributed by atoms with Crippen LogP contribution in [0.4, 0.5) is 13.2 Å². The zero-order chi connectivity index (χ0) is 32.0. The topological polar surface area (TPSA) is 138 Å². The second-order valence-electron chi connectivity index (χ2n) is 10.7. The third-order valence-corrected chi connectivity index (χ3v) is 7.33. The number of fused-ring (bicyclic) bond motifs is 1. The number of imidazole rings is 1. The minimum atomic E-state index is -5.08. The predicted molar refractivity (Wildman–Crippen MR) is 155 cm³/mol. The van der Waals surface area contributed by atoms with E-state index in [0.29, 0.717) is 18.0 Å². The number of halogens is 3. The molecular weight excluding hydrogens is 581 g/mol. The van der Waals surface area contributed by atoms with Crippen molar-refractivity contribution in [2.24, 2.45) is 0 Å². The first-order valence-electron chi connectivity index (χ1n) is 14.0. The maximum absolute atomic E-state index is 13.3. The molecule has 1 atom stereocenters. The Labute approximate surface area is 251 Å². The summed E-state index contributed by atoms with van der Waals surface area (Å²) in [6.45, 7) is 0. The van der Waals surface area contributed by atoms with Crippen LogP contribution in [0.3, 0.4) is 0 Å². The van der Waals surface area contributed by atoms with Gasteiger partial charge in [-0.2, -0.15) is 13.2 Å². The van der Waals surface area contributed by atoms with E-state index in [1.54, 1.807) is 63.0 Å². The van der Waals surface area contributed by atoms with Crippen molar-refractivity contribution >= 4 is 28.8 Å². The first-order valence-corrected chi connectivity index (χ1v) is 14.0. The van der Waals surface area contributed by atoms with Gasteiger partial charge in [0, 0.05) is 32.1 Å². The van der Waals surface area contributed by atoms with Crippen molar-refractivity contribution in [1.82, 2.24) is 19.8 Å². The van der Waals surface area contributed by atoms with Crippen LogP contribution >= 0.6 is 0 Å². The van der Waals surface area contributed by atoms with Crippen LogP contribution in [-0.2, 0) is 16.0 Å². The number of likely N-dealkylation sites (N-methyl/N-ethyl adjacent to an activating group) is 1. The average Bonchev–Trinajstić information content (AvgIpc) is 3.65. The molecule has 1 aliphatic rings. The molecule has 2 aromatic carbocycles. The number of carbonyl (C=O) groups excluding carboxylic acids is 2. The summed E-state index contributed by atoms with van der Waals surface area (Å²) in [5.74, 6) is -2.29. The van der Waals surface area contributed by atoms with Gasteiger partial charge in [-0.05, 0) is 54.8 Å². The molecule has 1 saturated carbocycles. The summed E-state index contributed by atoms with van der Waals surface area (Å²) in [7, 11) is 3.33. The Balaban J connectivity index is 0.000000566. The zero-order valence-electron chi connectivity index (χ0n) is 24.2. The Hall–Kier alpha value is -4.81. The fourth-order valence-corrected chi connectivity index (χ4v) is 5.17. The molecule has 44 heavy (non-hydrogen) atoms. The van der Waals surface area contributed by atoms with Gasteiger partial charge in [-0.15, -0.1) is 0 Å². The van der Waals surface area contributed by atoms with Gasteiger partial charge in [0.25, 0.3) is 5.91 Å². The molecule has 13 heteroatoms. The Morgan fingerprint density at radius 3 is 2.30 bits per heavy atom. The number of nitrogens with zero attached hydrogens (tertiary/aromatic N) is 3. The number of hydrogen-bond donors (Lipinski definition) is 3. The Bertz CT molecular complexity index is 1590. The number of alkyl halides is 3. The number of furan rings is 1. The molecule has 234 valence electrons. The number of phenolic OH excluding ortho intramolecular Hbond substituents is 1. The molecule has 3 N–H and O–H groups in total. The molecule has 0 saturated heterocycles. The summed E-state index contributed by atoms with van der Waals surface area (Å²) < 4.78 is 39.4. The van der Waals surface area contributed by atoms with Crippen molar-refractivity contribution in [3.8, 4) is 17.1 Å². The van der Waals surface area contributed by atoms with Gasteiger partial charge in [0.1, 0.15) is 23.9 Å². The summed E-state index contributed by atoms with van der Waals surface area (Å²) >= 11 is 0. The Kier molecular flexibility index (Phi) is 9.97. The van der Waals surface area contributed by atoms with E-state index in [1.165, 1.54) is 24.2 Å². The summed E-state index contributed by atoms with van der Waals surface area (Å²) in [5, 5.41) is 19.6. The zero-order valence-corrected chi connectivity index (χ0v) is 24.2. The van der Waals surface area contributed by atoms with E-state index in [0.717, 1.165) is 40.8 Å². The highest BCUT2D eigenvalue weighted by Gasteiger charge is 2.38. The van der Waals surface area contributed by atoms with Crippen molar-refractivity contribution in [2.75, 3.05) is 14.1 Å². The second-order valence-corrected chi connectivity index (χ2v) is 10.7. The number of hydrogen-bond acceptors (Lipinski definition) is 6. The van der Waals surface area contributed by atoms with Crippen LogP contribution in [0.1, 0.15) is 54.1 Å². The van der Waals surface area contributed by atoms with E-state index in [1.807, 2.05) is 12.1 Å². The lowest BCUT2D eigenvalue weighted by Crippen LogP contribution is -2.47. The quantitative estimate of drug-likeness (QED) is 0.248. The summed E-state index contributed by atoms with van der Waals surface area (Å²) in [6, 6.07) is 13.7. The Morgan fingerprint density at radius 2 is 1.73 bits per heavy atom. The highest BCUT2D eigenvalue weighted by molar-refractivity contribution is 6.00. The number of aromatic nitrogens is 2. The fourth-order valence-electron chi connectivity index (χ4n) is 5.17. The monoisotopic (exact) mass is 614 g/mol. The van der Waals surface area contributed by atoms with Crippen molar-refractivity contribution in [3.63, 3.8) is 0 Å². The van der Waals surface area contributed by atoms with Crippen molar-refractivity contribution in [2.45, 2.75) is 56.8 Å². The molecule has 2 heterocycles. The van der Waals surface area contributed by atoms with Gasteiger partial charge in [0.2, 0.25) is 5.91 Å². The number of rotatable bonds is 7. The molecule has 2 amide bonds. The number of phenols is 1. The van der Waals surface area contributed by atoms with E-state index in [9.17, 15) is 27.9 Å². The maximum Gasteiger partial charge on any atom is 0.490 e. The molecule has 0 unspecified atom stereocenters. The minimum Gasteiger partial charge on any atom is -0.508 e. The van der Waals surface area contributed by atoms with E-state index >= 15 is 0 Å². The number of benzene rings is 2. The summed E-state index contributed by atoms with van der Waals surface area (Å²) in [5.41, 5.74) is 3.93. The molecule has 0 bridgehead atoms. The molecule has 5 rings (SSSR count). The van der Waals surface area contributed by atoms with Crippen molar-refractivity contribution in [3.05, 3.63) is 72.2 Å². The van der Waals surface area contributed by atoms with Crippen LogP contribution in [0.15, 0.2) is 65.5 Å². The highest BCUT2D eigenvalue weighted by Crippen LogP contribution is 2.36. The van der Waals surface area contributed by atoms with Crippen molar-refractivity contribution < 1.29 is 42.2 Å². The number of carbonyl (C=O) groups is 3. The van der Waals surface area contributed by atoms with Gasteiger partial charge in [0.15, 0.2) is 0 Å². The Morgan fingerprint density at radius 1 is 1.07 bits per heavy atom. The van der Waals surface area contributed by atoms with E-state index in [-0.39, 0.29) is 17.6 Å². The molecule has 0 radical (unpaired) electrons. The highest BCUT2D eigenvalue weighted by atomic mass is 19.4. The molecule has 0 aliphatic heterocycles. The van der Waals surface area contributed by atoms with Gasteiger partial charge in [-0.1, -0.05) is 31.4 Å². The first-order chi connectivity index (χ1) is 20.8. The largest absolute Gasteiger partial charge is 0.508 e. The number of aromatic hydroxyl groups is 1. The van der Waals surface area contributed by atoms with Gasteiger partial charge in [0.05, 0.1) is 22.9 Å². The molecule has 10 nitrogen and oxygen atoms in total. The van der Waals surface area contributed by atoms with E-state index < -0.39 is 18.2 Å². The van der Waals surface area contributed by atoms with Crippen LogP contribution in [0, 0.1) is 0 Å². The van der Waals surface area contributed by atoms with Crippen LogP contribution in [0.5, 0.6) is 5.75 Å². The fraction of sp³-hybridized carbons (Fsp3) is 0.355. The lowest BCUT2D eigenvalue weighted by atomic mass is 9.95. The number of carboxylic acids is 1. The van der Waals surface area contributed by atoms with Gasteiger partial charge >= 0.3 is 12.1 Å². The lowest BCUT2D eigenvalue weighted by Gasteiger charge is -2.25. The van der Waals surface area contributed by atoms with Crippen LogP contribution in [0.25, 0.3) is 22.4 Å². The standard InChI is InChI=1S/C29H32N4O4.C2HF3O2/c1-32(2)29(36)25(16-19-8-11-23(34)12-9-19)31-28(35)20-10-13-26-24(17-20)30-27(21-14-15-37-18-21)33(26)22-6-4-3-5-7-22;3-2(4,5)1(6)7/h8-15,17-18,22,25,34H,3-7,16H2,1-2H3,(H,31,35);(H,6,7)/t25-;/m0./s1. The predicted octanol–water partition coefficient (Wildman–Crippen LogP) is 5.57. The number of carboxylic acid groups (broad SMARTS) is 1. The maximum atomic E-state index is 13.3. The third-order valence-electron chi connectivity index (χ3n) is 7.33. The van der Waals surface area contributed by atoms with Crippen LogP contribution in [0.2, 0.25) is 0 Å². The SMILES string of the molecule is CN(C)C(=O)[C@H](Cc1ccc(O)cc1)NC(=O)c1ccc2c(c1)nc(-c1ccoc1)n2C1CCCCC1.O=C(O)C(F)(F)F. The van der Waals surface area contributed by atoms with E-state index in [2.05, 4.69) is 9.88 Å². The van der Waals surface area contributed by atoms with Gasteiger partial charge < -0.3 is 29.4 Å². The molecule has 2 aromatic heterocycles. The molecule has 0 spiro atoms. The molecule has 1 fully saturated rings. The normalized spacial score (nSPS) is 14.4.